The Morgan fingerprint density at radius 3 is 2.47 bits per heavy atom. The molecule has 0 unspecified atom stereocenters. The van der Waals surface area contributed by atoms with Crippen LogP contribution >= 0.6 is 15.9 Å². The molecule has 0 radical (unpaired) electrons. The fourth-order valence-corrected chi connectivity index (χ4v) is 4.18. The summed E-state index contributed by atoms with van der Waals surface area (Å²) in [6, 6.07) is 20.1. The van der Waals surface area contributed by atoms with Crippen LogP contribution in [0.4, 0.5) is 11.4 Å². The van der Waals surface area contributed by atoms with E-state index in [1.54, 1.807) is 0 Å². The van der Waals surface area contributed by atoms with E-state index in [4.69, 9.17) is 9.47 Å². The lowest BCUT2D eigenvalue weighted by atomic mass is 10.1. The maximum atomic E-state index is 12.1. The van der Waals surface area contributed by atoms with E-state index in [1.807, 2.05) is 63.2 Å². The number of aryl methyl sites for hydroxylation is 1. The molecule has 0 saturated carbocycles. The average molecular weight is 525 g/mol. The van der Waals surface area contributed by atoms with Crippen LogP contribution in [-0.4, -0.2) is 12.5 Å². The third-order valence-corrected chi connectivity index (χ3v) is 5.66. The molecule has 0 saturated heterocycles. The molecule has 0 aliphatic heterocycles. The van der Waals surface area contributed by atoms with E-state index in [1.165, 1.54) is 5.56 Å². The zero-order valence-corrected chi connectivity index (χ0v) is 21.9. The number of rotatable bonds is 11. The fraction of sp³-hybridized carbons (Fsp3) is 0.321. The maximum Gasteiger partial charge on any atom is 0.224 e. The van der Waals surface area contributed by atoms with Gasteiger partial charge in [-0.25, -0.2) is 0 Å². The van der Waals surface area contributed by atoms with Crippen LogP contribution < -0.4 is 20.1 Å². The van der Waals surface area contributed by atoms with Crippen molar-refractivity contribution in [3.05, 3.63) is 81.8 Å². The summed E-state index contributed by atoms with van der Waals surface area (Å²) in [7, 11) is 0. The number of hydrogen-bond donors (Lipinski definition) is 2. The maximum absolute atomic E-state index is 12.1. The largest absolute Gasteiger partial charge is 0.490 e. The van der Waals surface area contributed by atoms with Gasteiger partial charge in [0, 0.05) is 24.3 Å². The predicted molar refractivity (Wildman–Crippen MR) is 143 cm³/mol. The van der Waals surface area contributed by atoms with E-state index in [0.29, 0.717) is 43.6 Å². The van der Waals surface area contributed by atoms with Crippen LogP contribution in [0.5, 0.6) is 11.5 Å². The van der Waals surface area contributed by atoms with E-state index in [0.717, 1.165) is 27.0 Å². The lowest BCUT2D eigenvalue weighted by Crippen LogP contribution is -2.13. The number of amides is 1. The van der Waals surface area contributed by atoms with Gasteiger partial charge < -0.3 is 20.1 Å². The highest BCUT2D eigenvalue weighted by Crippen LogP contribution is 2.37. The summed E-state index contributed by atoms with van der Waals surface area (Å²) >= 11 is 3.66. The number of ether oxygens (including phenoxy) is 2. The average Bonchev–Trinajstić information content (AvgIpc) is 2.77. The molecular weight excluding hydrogens is 492 g/mol. The van der Waals surface area contributed by atoms with Crippen LogP contribution in [0.1, 0.15) is 43.9 Å². The van der Waals surface area contributed by atoms with Gasteiger partial charge in [0.25, 0.3) is 0 Å². The van der Waals surface area contributed by atoms with Crippen molar-refractivity contribution < 1.29 is 14.3 Å². The minimum absolute atomic E-state index is 0.0266. The van der Waals surface area contributed by atoms with Crippen LogP contribution in [0, 0.1) is 12.8 Å². The normalized spacial score (nSPS) is 10.8. The van der Waals surface area contributed by atoms with E-state index in [-0.39, 0.29) is 5.91 Å². The minimum atomic E-state index is 0.0266. The number of carbonyl (C=O) groups is 1. The standard InChI is InChI=1S/C28H33BrN2O3/c1-5-33-26-15-22(14-25(29)28(26)34-18-21-9-6-8-20(4)13-21)17-30-23-10-7-11-24(16-23)31-27(32)12-19(2)3/h6-11,13-16,19,30H,5,12,17-18H2,1-4H3,(H,31,32). The van der Waals surface area contributed by atoms with Crippen molar-refractivity contribution in [2.24, 2.45) is 5.92 Å². The van der Waals surface area contributed by atoms with Gasteiger partial charge in [-0.1, -0.05) is 49.7 Å². The first-order valence-corrected chi connectivity index (χ1v) is 12.4. The molecule has 180 valence electrons. The molecule has 3 rings (SSSR count). The molecule has 0 spiro atoms. The molecule has 0 bridgehead atoms. The molecular formula is C28H33BrN2O3. The Kier molecular flexibility index (Phi) is 9.40. The Morgan fingerprint density at radius 2 is 1.74 bits per heavy atom. The summed E-state index contributed by atoms with van der Waals surface area (Å²) in [5.74, 6) is 1.75. The van der Waals surface area contributed by atoms with Gasteiger partial charge in [0.15, 0.2) is 11.5 Å². The van der Waals surface area contributed by atoms with Gasteiger partial charge >= 0.3 is 0 Å². The molecule has 3 aromatic rings. The summed E-state index contributed by atoms with van der Waals surface area (Å²) in [6.07, 6.45) is 0.504. The summed E-state index contributed by atoms with van der Waals surface area (Å²) in [5, 5.41) is 6.39. The van der Waals surface area contributed by atoms with Crippen molar-refractivity contribution >= 4 is 33.2 Å². The molecule has 0 aliphatic carbocycles. The van der Waals surface area contributed by atoms with Crippen LogP contribution in [0.2, 0.25) is 0 Å². The quantitative estimate of drug-likeness (QED) is 0.275. The summed E-state index contributed by atoms with van der Waals surface area (Å²) in [6.45, 7) is 9.70. The molecule has 0 aliphatic rings. The van der Waals surface area contributed by atoms with Crippen LogP contribution in [0.25, 0.3) is 0 Å². The zero-order chi connectivity index (χ0) is 24.5. The van der Waals surface area contributed by atoms with Crippen LogP contribution in [-0.2, 0) is 17.9 Å². The molecule has 0 fully saturated rings. The van der Waals surface area contributed by atoms with E-state index < -0.39 is 0 Å². The van der Waals surface area contributed by atoms with E-state index in [2.05, 4.69) is 51.7 Å². The zero-order valence-electron chi connectivity index (χ0n) is 20.3. The molecule has 1 amide bonds. The number of halogens is 1. The molecule has 2 N–H and O–H groups in total. The highest BCUT2D eigenvalue weighted by atomic mass is 79.9. The molecule has 5 nitrogen and oxygen atoms in total. The van der Waals surface area contributed by atoms with Gasteiger partial charge in [-0.3, -0.25) is 4.79 Å². The van der Waals surface area contributed by atoms with Crippen molar-refractivity contribution in [1.82, 2.24) is 0 Å². The van der Waals surface area contributed by atoms with E-state index in [9.17, 15) is 4.79 Å². The highest BCUT2D eigenvalue weighted by Gasteiger charge is 2.13. The summed E-state index contributed by atoms with van der Waals surface area (Å²) in [4.78, 5) is 12.1. The second kappa shape index (κ2) is 12.5. The third-order valence-electron chi connectivity index (χ3n) is 5.07. The monoisotopic (exact) mass is 524 g/mol. The Labute approximate surface area is 211 Å². The van der Waals surface area contributed by atoms with Crippen molar-refractivity contribution in [1.29, 1.82) is 0 Å². The van der Waals surface area contributed by atoms with Crippen molar-refractivity contribution in [2.45, 2.75) is 47.3 Å². The summed E-state index contributed by atoms with van der Waals surface area (Å²) < 4.78 is 12.9. The van der Waals surface area contributed by atoms with Crippen molar-refractivity contribution in [3.8, 4) is 11.5 Å². The van der Waals surface area contributed by atoms with E-state index >= 15 is 0 Å². The van der Waals surface area contributed by atoms with Crippen molar-refractivity contribution in [2.75, 3.05) is 17.2 Å². The van der Waals surface area contributed by atoms with Crippen molar-refractivity contribution in [3.63, 3.8) is 0 Å². The Hall–Kier alpha value is -2.99. The number of hydrogen-bond acceptors (Lipinski definition) is 4. The molecule has 0 atom stereocenters. The Balaban J connectivity index is 1.68. The topological polar surface area (TPSA) is 59.6 Å². The molecule has 34 heavy (non-hydrogen) atoms. The molecule has 3 aromatic carbocycles. The number of anilines is 2. The van der Waals surface area contributed by atoms with Gasteiger partial charge in [0.1, 0.15) is 6.61 Å². The minimum Gasteiger partial charge on any atom is -0.490 e. The molecule has 0 heterocycles. The lowest BCUT2D eigenvalue weighted by molar-refractivity contribution is -0.116. The first-order chi connectivity index (χ1) is 16.3. The fourth-order valence-electron chi connectivity index (χ4n) is 3.58. The number of benzene rings is 3. The summed E-state index contributed by atoms with van der Waals surface area (Å²) in [5.41, 5.74) is 5.08. The van der Waals surface area contributed by atoms with Gasteiger partial charge in [0.05, 0.1) is 11.1 Å². The first-order valence-electron chi connectivity index (χ1n) is 11.6. The molecule has 6 heteroatoms. The Morgan fingerprint density at radius 1 is 0.971 bits per heavy atom. The number of nitrogens with one attached hydrogen (secondary N) is 2. The highest BCUT2D eigenvalue weighted by molar-refractivity contribution is 9.10. The first kappa shape index (κ1) is 25.6. The Bertz CT molecular complexity index is 1110. The van der Waals surface area contributed by atoms with Gasteiger partial charge in [-0.2, -0.15) is 0 Å². The van der Waals surface area contributed by atoms with Gasteiger partial charge in [-0.05, 0) is 77.2 Å². The van der Waals surface area contributed by atoms with Crippen LogP contribution in [0.15, 0.2) is 65.1 Å². The SMILES string of the molecule is CCOc1cc(CNc2cccc(NC(=O)CC(C)C)c2)cc(Br)c1OCc1cccc(C)c1. The lowest BCUT2D eigenvalue weighted by Gasteiger charge is -2.16. The van der Waals surface area contributed by atoms with Gasteiger partial charge in [0.2, 0.25) is 5.91 Å². The second-order valence-electron chi connectivity index (χ2n) is 8.70. The second-order valence-corrected chi connectivity index (χ2v) is 9.55. The smallest absolute Gasteiger partial charge is 0.224 e. The number of carbonyl (C=O) groups excluding carboxylic acids is 1. The van der Waals surface area contributed by atoms with Crippen LogP contribution in [0.3, 0.4) is 0 Å². The molecule has 0 aromatic heterocycles. The third kappa shape index (κ3) is 7.80. The van der Waals surface area contributed by atoms with Gasteiger partial charge in [-0.15, -0.1) is 0 Å². The predicted octanol–water partition coefficient (Wildman–Crippen LogP) is 7.33.